The van der Waals surface area contributed by atoms with Gasteiger partial charge >= 0.3 is 0 Å². The van der Waals surface area contributed by atoms with Gasteiger partial charge in [-0.25, -0.2) is 20.0 Å². The Bertz CT molecular complexity index is 2190. The quantitative estimate of drug-likeness (QED) is 0.340. The predicted octanol–water partition coefficient (Wildman–Crippen LogP) is 5.03. The molecule has 0 saturated carbocycles. The predicted molar refractivity (Wildman–Crippen MR) is 179 cm³/mol. The van der Waals surface area contributed by atoms with Crippen molar-refractivity contribution >= 4 is 68.0 Å². The van der Waals surface area contributed by atoms with Crippen LogP contribution in [0.5, 0.6) is 0 Å². The first-order valence-electron chi connectivity index (χ1n) is 14.8. The first-order chi connectivity index (χ1) is 22.5. The number of nitriles is 2. The Balaban J connectivity index is 1.32. The van der Waals surface area contributed by atoms with Crippen LogP contribution in [0.3, 0.4) is 0 Å². The topological polar surface area (TPSA) is 173 Å². The van der Waals surface area contributed by atoms with Crippen molar-refractivity contribution in [1.29, 1.82) is 10.5 Å². The highest BCUT2D eigenvalue weighted by Crippen LogP contribution is 2.59. The van der Waals surface area contributed by atoms with Gasteiger partial charge < -0.3 is 0 Å². The Kier molecular flexibility index (Phi) is 6.51. The van der Waals surface area contributed by atoms with Crippen molar-refractivity contribution < 1.29 is 19.2 Å². The molecule has 0 unspecified atom stereocenters. The minimum Gasteiger partial charge on any atom is -0.276 e. The Hall–Kier alpha value is -5.44. The van der Waals surface area contributed by atoms with E-state index in [0.717, 1.165) is 53.2 Å². The molecule has 0 N–H and O–H groups in total. The Labute approximate surface area is 283 Å². The molecule has 4 aliphatic rings. The summed E-state index contributed by atoms with van der Waals surface area (Å²) in [6, 6.07) is 8.12. The largest absolute Gasteiger partial charge is 0.279 e. The highest BCUT2D eigenvalue weighted by atomic mass is 32.1. The number of thiazole rings is 2. The molecule has 2 aromatic heterocycles. The maximum atomic E-state index is 13.0. The molecule has 0 fully saturated rings. The first-order valence-corrected chi connectivity index (χ1v) is 16.4. The molecular formula is C34H26N8O4S2. The minimum atomic E-state index is -0.652. The van der Waals surface area contributed by atoms with Crippen molar-refractivity contribution in [3.8, 4) is 33.0 Å². The number of benzene rings is 1. The maximum absolute atomic E-state index is 13.0. The summed E-state index contributed by atoms with van der Waals surface area (Å²) in [5.74, 6) is -2.47. The van der Waals surface area contributed by atoms with Crippen molar-refractivity contribution in [1.82, 2.24) is 19.8 Å². The number of rotatable bonds is 2. The van der Waals surface area contributed by atoms with Gasteiger partial charge in [-0.05, 0) is 48.2 Å². The van der Waals surface area contributed by atoms with Crippen LogP contribution >= 0.6 is 22.7 Å². The molecule has 2 aliphatic heterocycles. The van der Waals surface area contributed by atoms with Gasteiger partial charge in [-0.3, -0.25) is 29.0 Å². The van der Waals surface area contributed by atoms with Crippen molar-refractivity contribution in [3.63, 3.8) is 0 Å². The van der Waals surface area contributed by atoms with Gasteiger partial charge in [-0.2, -0.15) is 10.5 Å². The lowest BCUT2D eigenvalue weighted by atomic mass is 9.81. The van der Waals surface area contributed by atoms with Crippen LogP contribution in [-0.4, -0.2) is 68.9 Å². The summed E-state index contributed by atoms with van der Waals surface area (Å²) in [6.45, 7) is 11.4. The molecule has 2 aliphatic carbocycles. The summed E-state index contributed by atoms with van der Waals surface area (Å²) < 4.78 is 0. The standard InChI is InChI=1S/C34H26N8O4S2/c1-13-17(11-35)27(43)41(7)29(45)21(13)37-31-39-25-23(47-31)15-9-20-16(10-19(15)33(25,3)4)24-26(34(20,5)6)40-32(48-24)38-22-14(2)18(12-36)28(44)42(8)30(22)46/h9-10H,1-8H3. The molecule has 0 bridgehead atoms. The Morgan fingerprint density at radius 2 is 1.02 bits per heavy atom. The molecule has 7 rings (SSSR count). The molecule has 238 valence electrons. The molecule has 1 aromatic carbocycles. The normalized spacial score (nSPS) is 20.8. The van der Waals surface area contributed by atoms with Crippen LogP contribution < -0.4 is 0 Å². The lowest BCUT2D eigenvalue weighted by molar-refractivity contribution is -0.138. The van der Waals surface area contributed by atoms with Crippen molar-refractivity contribution in [3.05, 3.63) is 56.9 Å². The van der Waals surface area contributed by atoms with E-state index in [1.54, 1.807) is 13.8 Å². The van der Waals surface area contributed by atoms with E-state index in [1.807, 2.05) is 12.1 Å². The van der Waals surface area contributed by atoms with E-state index in [4.69, 9.17) is 9.97 Å². The number of aromatic nitrogens is 2. The number of nitrogens with zero attached hydrogens (tertiary/aromatic N) is 8. The fourth-order valence-corrected chi connectivity index (χ4v) is 8.89. The van der Waals surface area contributed by atoms with Gasteiger partial charge in [0.05, 0.1) is 21.1 Å². The van der Waals surface area contributed by atoms with Crippen LogP contribution in [0.1, 0.15) is 64.1 Å². The van der Waals surface area contributed by atoms with Crippen molar-refractivity contribution in [2.24, 2.45) is 9.98 Å². The van der Waals surface area contributed by atoms with Crippen molar-refractivity contribution in [2.45, 2.75) is 52.4 Å². The van der Waals surface area contributed by atoms with E-state index >= 15 is 0 Å². The summed E-state index contributed by atoms with van der Waals surface area (Å²) in [4.78, 5) is 73.3. The number of fused-ring (bicyclic) bond motifs is 6. The molecule has 48 heavy (non-hydrogen) atoms. The molecule has 4 heterocycles. The van der Waals surface area contributed by atoms with Crippen LogP contribution in [-0.2, 0) is 30.0 Å². The number of amides is 4. The van der Waals surface area contributed by atoms with Crippen molar-refractivity contribution in [2.75, 3.05) is 14.1 Å². The van der Waals surface area contributed by atoms with Gasteiger partial charge in [0.25, 0.3) is 23.6 Å². The average molecular weight is 675 g/mol. The summed E-state index contributed by atoms with van der Waals surface area (Å²) in [5, 5.41) is 19.8. The van der Waals surface area contributed by atoms with Crippen LogP contribution in [0.25, 0.3) is 20.9 Å². The van der Waals surface area contributed by atoms with Crippen LogP contribution in [0.2, 0.25) is 0 Å². The molecule has 12 nitrogen and oxygen atoms in total. The van der Waals surface area contributed by atoms with E-state index in [9.17, 15) is 29.7 Å². The lowest BCUT2D eigenvalue weighted by Crippen LogP contribution is -2.44. The third kappa shape index (κ3) is 3.96. The first kappa shape index (κ1) is 31.2. The number of imide groups is 2. The van der Waals surface area contributed by atoms with E-state index in [0.29, 0.717) is 10.3 Å². The number of hydrogen-bond donors (Lipinski definition) is 0. The van der Waals surface area contributed by atoms with Crippen LogP contribution in [0, 0.1) is 22.7 Å². The van der Waals surface area contributed by atoms with Gasteiger partial charge in [-0.1, -0.05) is 50.4 Å². The van der Waals surface area contributed by atoms with Crippen LogP contribution in [0.15, 0.2) is 44.4 Å². The summed E-state index contributed by atoms with van der Waals surface area (Å²) in [5.41, 5.74) is 5.04. The second kappa shape index (κ2) is 10.0. The van der Waals surface area contributed by atoms with Gasteiger partial charge in [-0.15, -0.1) is 0 Å². The molecular weight excluding hydrogens is 649 g/mol. The Morgan fingerprint density at radius 1 is 0.667 bits per heavy atom. The molecule has 0 saturated heterocycles. The lowest BCUT2D eigenvalue weighted by Gasteiger charge is -2.23. The molecule has 0 atom stereocenters. The SMILES string of the molecule is CC1=C(C#N)C(=O)N(C)C(=O)C1=Nc1nc2c(s1)-c1cc3c(cc1C2(C)C)-c1sc(N=C2C(=O)N(C)C(=O)C(C#N)=C2C)nc1C3(C)C. The second-order valence-corrected chi connectivity index (χ2v) is 15.0. The van der Waals surface area contributed by atoms with Gasteiger partial charge in [0.15, 0.2) is 0 Å². The number of carbonyl (C=O) groups is 4. The van der Waals surface area contributed by atoms with E-state index in [2.05, 4.69) is 49.8 Å². The smallest absolute Gasteiger partial charge is 0.276 e. The molecule has 14 heteroatoms. The summed E-state index contributed by atoms with van der Waals surface area (Å²) >= 11 is 2.71. The minimum absolute atomic E-state index is 0.0202. The molecule has 0 radical (unpaired) electrons. The average Bonchev–Trinajstić information content (AvgIpc) is 3.76. The molecule has 4 amide bonds. The second-order valence-electron chi connectivity index (χ2n) is 13.0. The zero-order chi connectivity index (χ0) is 34.8. The fraction of sp³-hybridized carbons (Fsp3) is 0.294. The summed E-state index contributed by atoms with van der Waals surface area (Å²) in [6.07, 6.45) is 0. The molecule has 0 spiro atoms. The van der Waals surface area contributed by atoms with Gasteiger partial charge in [0, 0.05) is 36.1 Å². The third-order valence-corrected chi connectivity index (χ3v) is 11.5. The number of hydrogen-bond acceptors (Lipinski definition) is 12. The Morgan fingerprint density at radius 3 is 1.35 bits per heavy atom. The molecule has 3 aromatic rings. The zero-order valence-electron chi connectivity index (χ0n) is 27.2. The van der Waals surface area contributed by atoms with Gasteiger partial charge in [0.1, 0.15) is 34.7 Å². The third-order valence-electron chi connectivity index (χ3n) is 9.56. The maximum Gasteiger partial charge on any atom is 0.279 e. The van der Waals surface area contributed by atoms with E-state index in [1.165, 1.54) is 36.8 Å². The fourth-order valence-electron chi connectivity index (χ4n) is 6.62. The highest BCUT2D eigenvalue weighted by molar-refractivity contribution is 7.19. The van der Waals surface area contributed by atoms with E-state index in [-0.39, 0.29) is 33.7 Å². The number of carbonyl (C=O) groups excluding carboxylic acids is 4. The zero-order valence-corrected chi connectivity index (χ0v) is 28.8. The number of aliphatic imine (C=N–C) groups is 2. The highest BCUT2D eigenvalue weighted by Gasteiger charge is 2.46. The van der Waals surface area contributed by atoms with E-state index < -0.39 is 34.5 Å². The van der Waals surface area contributed by atoms with Gasteiger partial charge in [0.2, 0.25) is 10.3 Å². The number of likely N-dealkylation sites (N-methyl/N-ethyl adjacent to an activating group) is 2. The van der Waals surface area contributed by atoms with Crippen LogP contribution in [0.4, 0.5) is 10.3 Å². The monoisotopic (exact) mass is 674 g/mol. The summed E-state index contributed by atoms with van der Waals surface area (Å²) in [7, 11) is 2.66.